The molecule has 0 aromatic heterocycles. The van der Waals surface area contributed by atoms with Gasteiger partial charge in [-0.2, -0.15) is 0 Å². The van der Waals surface area contributed by atoms with Gasteiger partial charge in [-0.15, -0.1) is 0 Å². The highest BCUT2D eigenvalue weighted by Crippen LogP contribution is 2.57. The quantitative estimate of drug-likeness (QED) is 0.492. The van der Waals surface area contributed by atoms with Gasteiger partial charge < -0.3 is 4.74 Å². The fraction of sp³-hybridized carbons (Fsp3) is 0.900. The average molecular weight is 205 g/mol. The number of hydrogen-bond acceptors (Lipinski definition) is 2. The van der Waals surface area contributed by atoms with Crippen molar-refractivity contribution in [1.82, 2.24) is 0 Å². The molecule has 0 aromatic rings. The SMILES string of the molecule is CCOC(=O)C[P+](CC)(CC)CC. The Balaban J connectivity index is 4.16. The minimum Gasteiger partial charge on any atom is -0.463 e. The van der Waals surface area contributed by atoms with Crippen LogP contribution >= 0.6 is 7.26 Å². The molecule has 0 bridgehead atoms. The van der Waals surface area contributed by atoms with E-state index in [-0.39, 0.29) is 5.97 Å². The van der Waals surface area contributed by atoms with Crippen molar-refractivity contribution in [2.45, 2.75) is 27.7 Å². The first-order valence-electron chi connectivity index (χ1n) is 5.14. The highest BCUT2D eigenvalue weighted by molar-refractivity contribution is 7.76. The normalized spacial score (nSPS) is 11.4. The molecule has 0 amide bonds. The van der Waals surface area contributed by atoms with Gasteiger partial charge >= 0.3 is 5.97 Å². The molecule has 0 saturated carbocycles. The fourth-order valence-electron chi connectivity index (χ4n) is 1.49. The van der Waals surface area contributed by atoms with Gasteiger partial charge in [0, 0.05) is 7.26 Å². The Bertz CT molecular complexity index is 145. The first-order valence-corrected chi connectivity index (χ1v) is 7.67. The number of carbonyl (C=O) groups is 1. The van der Waals surface area contributed by atoms with Gasteiger partial charge in [0.2, 0.25) is 0 Å². The molecular formula is C10H22O2P+. The van der Waals surface area contributed by atoms with E-state index in [1.54, 1.807) is 0 Å². The molecule has 0 saturated heterocycles. The lowest BCUT2D eigenvalue weighted by molar-refractivity contribution is -0.140. The molecule has 13 heavy (non-hydrogen) atoms. The van der Waals surface area contributed by atoms with E-state index in [9.17, 15) is 4.79 Å². The number of esters is 1. The summed E-state index contributed by atoms with van der Waals surface area (Å²) in [6, 6.07) is 0. The first kappa shape index (κ1) is 12.9. The third-order valence-electron chi connectivity index (χ3n) is 2.78. The molecule has 0 aliphatic heterocycles. The fourth-order valence-corrected chi connectivity index (χ4v) is 4.14. The summed E-state index contributed by atoms with van der Waals surface area (Å²) in [7, 11) is -0.999. The highest BCUT2D eigenvalue weighted by Gasteiger charge is 2.34. The van der Waals surface area contributed by atoms with Crippen molar-refractivity contribution >= 4 is 13.2 Å². The van der Waals surface area contributed by atoms with Crippen molar-refractivity contribution in [3.8, 4) is 0 Å². The molecule has 0 heterocycles. The van der Waals surface area contributed by atoms with Crippen LogP contribution in [0.5, 0.6) is 0 Å². The molecule has 0 atom stereocenters. The summed E-state index contributed by atoms with van der Waals surface area (Å²) in [6.07, 6.45) is 4.18. The van der Waals surface area contributed by atoms with Gasteiger partial charge in [0.25, 0.3) is 0 Å². The van der Waals surface area contributed by atoms with E-state index in [1.165, 1.54) is 18.5 Å². The molecule has 0 fully saturated rings. The van der Waals surface area contributed by atoms with E-state index in [2.05, 4.69) is 20.8 Å². The smallest absolute Gasteiger partial charge is 0.343 e. The lowest BCUT2D eigenvalue weighted by atomic mass is 10.8. The van der Waals surface area contributed by atoms with Crippen LogP contribution in [0.2, 0.25) is 0 Å². The zero-order chi connectivity index (χ0) is 10.3. The van der Waals surface area contributed by atoms with E-state index >= 15 is 0 Å². The van der Waals surface area contributed by atoms with Gasteiger partial charge in [-0.1, -0.05) is 0 Å². The average Bonchev–Trinajstić information content (AvgIpc) is 2.15. The van der Waals surface area contributed by atoms with Crippen molar-refractivity contribution in [2.75, 3.05) is 31.3 Å². The first-order chi connectivity index (χ1) is 6.14. The maximum Gasteiger partial charge on any atom is 0.343 e. The van der Waals surface area contributed by atoms with Crippen molar-refractivity contribution in [2.24, 2.45) is 0 Å². The largest absolute Gasteiger partial charge is 0.463 e. The third-order valence-corrected chi connectivity index (χ3v) is 7.74. The Kier molecular flexibility index (Phi) is 6.32. The highest BCUT2D eigenvalue weighted by atomic mass is 31.2. The molecule has 0 spiro atoms. The molecule has 0 aliphatic rings. The molecule has 0 aliphatic carbocycles. The van der Waals surface area contributed by atoms with Crippen molar-refractivity contribution in [1.29, 1.82) is 0 Å². The Labute approximate surface area is 82.4 Å². The molecule has 0 aromatic carbocycles. The number of ether oxygens (including phenoxy) is 1. The Hall–Kier alpha value is -0.100. The van der Waals surface area contributed by atoms with Gasteiger partial charge in [-0.25, -0.2) is 4.79 Å². The Morgan fingerprint density at radius 1 is 1.08 bits per heavy atom. The van der Waals surface area contributed by atoms with Gasteiger partial charge in [0.15, 0.2) is 6.16 Å². The summed E-state index contributed by atoms with van der Waals surface area (Å²) >= 11 is 0. The van der Waals surface area contributed by atoms with Crippen molar-refractivity contribution in [3.63, 3.8) is 0 Å². The van der Waals surface area contributed by atoms with E-state index in [0.717, 1.165) is 0 Å². The van der Waals surface area contributed by atoms with Crippen molar-refractivity contribution < 1.29 is 9.53 Å². The Morgan fingerprint density at radius 3 is 1.85 bits per heavy atom. The summed E-state index contributed by atoms with van der Waals surface area (Å²) in [6.45, 7) is 8.96. The number of rotatable bonds is 6. The molecule has 2 nitrogen and oxygen atoms in total. The number of hydrogen-bond donors (Lipinski definition) is 0. The lowest BCUT2D eigenvalue weighted by Gasteiger charge is -2.22. The Morgan fingerprint density at radius 2 is 1.54 bits per heavy atom. The molecule has 0 rings (SSSR count). The van der Waals surface area contributed by atoms with Crippen LogP contribution in [0.3, 0.4) is 0 Å². The summed E-state index contributed by atoms with van der Waals surface area (Å²) in [5.41, 5.74) is 0. The number of carbonyl (C=O) groups excluding carboxylic acids is 1. The maximum atomic E-state index is 11.3. The minimum absolute atomic E-state index is 0.00128. The van der Waals surface area contributed by atoms with E-state index < -0.39 is 7.26 Å². The van der Waals surface area contributed by atoms with E-state index in [1.807, 2.05) is 6.92 Å². The summed E-state index contributed by atoms with van der Waals surface area (Å²) < 4.78 is 4.99. The molecular weight excluding hydrogens is 183 g/mol. The second-order valence-electron chi connectivity index (χ2n) is 3.25. The van der Waals surface area contributed by atoms with E-state index in [0.29, 0.717) is 12.8 Å². The topological polar surface area (TPSA) is 26.3 Å². The minimum atomic E-state index is -0.999. The van der Waals surface area contributed by atoms with Crippen LogP contribution in [0.1, 0.15) is 27.7 Å². The summed E-state index contributed by atoms with van der Waals surface area (Å²) in [4.78, 5) is 11.3. The second kappa shape index (κ2) is 6.37. The molecule has 0 radical (unpaired) electrons. The summed E-state index contributed by atoms with van der Waals surface area (Å²) in [5.74, 6) is 0.00128. The van der Waals surface area contributed by atoms with Gasteiger partial charge in [0.05, 0.1) is 25.1 Å². The van der Waals surface area contributed by atoms with Gasteiger partial charge in [-0.3, -0.25) is 0 Å². The van der Waals surface area contributed by atoms with E-state index in [4.69, 9.17) is 4.74 Å². The molecule has 78 valence electrons. The van der Waals surface area contributed by atoms with Crippen molar-refractivity contribution in [3.05, 3.63) is 0 Å². The van der Waals surface area contributed by atoms with Crippen LogP contribution in [-0.2, 0) is 9.53 Å². The maximum absolute atomic E-state index is 11.3. The van der Waals surface area contributed by atoms with Crippen LogP contribution in [0, 0.1) is 0 Å². The van der Waals surface area contributed by atoms with Crippen LogP contribution in [0.25, 0.3) is 0 Å². The zero-order valence-electron chi connectivity index (χ0n) is 9.30. The lowest BCUT2D eigenvalue weighted by Crippen LogP contribution is -2.17. The van der Waals surface area contributed by atoms with Crippen LogP contribution < -0.4 is 0 Å². The van der Waals surface area contributed by atoms with Gasteiger partial charge in [-0.05, 0) is 27.7 Å². The van der Waals surface area contributed by atoms with Crippen LogP contribution in [0.15, 0.2) is 0 Å². The third kappa shape index (κ3) is 4.08. The van der Waals surface area contributed by atoms with Crippen LogP contribution in [0.4, 0.5) is 0 Å². The predicted molar refractivity (Wildman–Crippen MR) is 60.0 cm³/mol. The molecule has 3 heteroatoms. The second-order valence-corrected chi connectivity index (χ2v) is 8.15. The zero-order valence-corrected chi connectivity index (χ0v) is 10.2. The monoisotopic (exact) mass is 205 g/mol. The predicted octanol–water partition coefficient (Wildman–Crippen LogP) is 2.63. The van der Waals surface area contributed by atoms with Crippen LogP contribution in [-0.4, -0.2) is 37.2 Å². The summed E-state index contributed by atoms with van der Waals surface area (Å²) in [5, 5.41) is 0. The molecule has 0 N–H and O–H groups in total. The molecule has 0 unspecified atom stereocenters. The van der Waals surface area contributed by atoms with Gasteiger partial charge in [0.1, 0.15) is 0 Å². The standard InChI is InChI=1S/C10H22O2P/c1-5-12-10(11)9-13(6-2,7-3)8-4/h5-9H2,1-4H3/q+1.